The van der Waals surface area contributed by atoms with Crippen LogP contribution in [0.4, 0.5) is 0 Å². The first kappa shape index (κ1) is 12.8. The van der Waals surface area contributed by atoms with Gasteiger partial charge in [0.05, 0.1) is 0 Å². The topological polar surface area (TPSA) is 38.7 Å². The summed E-state index contributed by atoms with van der Waals surface area (Å²) in [5, 5.41) is 0.627. The maximum Gasteiger partial charge on any atom is 0.363 e. The molecule has 0 spiro atoms. The number of benzene rings is 1. The molecular formula is C14H14ClNO2. The first-order valence-electron chi connectivity index (χ1n) is 5.81. The Bertz CT molecular complexity index is 532. The van der Waals surface area contributed by atoms with Gasteiger partial charge in [-0.3, -0.25) is 0 Å². The van der Waals surface area contributed by atoms with Gasteiger partial charge < -0.3 is 4.74 Å². The number of hydrogen-bond donors (Lipinski definition) is 0. The smallest absolute Gasteiger partial charge is 0.363 e. The van der Waals surface area contributed by atoms with Crippen LogP contribution < -0.4 is 0 Å². The van der Waals surface area contributed by atoms with E-state index in [0.717, 1.165) is 5.56 Å². The van der Waals surface area contributed by atoms with Gasteiger partial charge in [0.2, 0.25) is 0 Å². The zero-order chi connectivity index (χ0) is 13.1. The van der Waals surface area contributed by atoms with E-state index in [9.17, 15) is 4.79 Å². The lowest BCUT2D eigenvalue weighted by Crippen LogP contribution is -2.06. The zero-order valence-electron chi connectivity index (χ0n) is 10.3. The lowest BCUT2D eigenvalue weighted by Gasteiger charge is -2.01. The molecule has 94 valence electrons. The van der Waals surface area contributed by atoms with E-state index in [4.69, 9.17) is 16.3 Å². The van der Waals surface area contributed by atoms with Crippen molar-refractivity contribution in [2.45, 2.75) is 20.3 Å². The fourth-order valence-electron chi connectivity index (χ4n) is 1.64. The number of nitrogens with zero attached hydrogens (tertiary/aromatic N) is 1. The number of hydrogen-bond acceptors (Lipinski definition) is 3. The number of cyclic esters (lactones) is 1. The second-order valence-corrected chi connectivity index (χ2v) is 5.01. The number of halogens is 1. The Morgan fingerprint density at radius 1 is 1.44 bits per heavy atom. The van der Waals surface area contributed by atoms with Crippen LogP contribution in [-0.4, -0.2) is 11.9 Å². The van der Waals surface area contributed by atoms with Crippen molar-refractivity contribution in [2.24, 2.45) is 10.9 Å². The van der Waals surface area contributed by atoms with Crippen LogP contribution in [0.1, 0.15) is 25.8 Å². The van der Waals surface area contributed by atoms with Gasteiger partial charge in [0.25, 0.3) is 0 Å². The Labute approximate surface area is 111 Å². The molecule has 0 fully saturated rings. The molecule has 2 rings (SSSR count). The van der Waals surface area contributed by atoms with Gasteiger partial charge in [0, 0.05) is 11.4 Å². The highest BCUT2D eigenvalue weighted by Gasteiger charge is 2.23. The quantitative estimate of drug-likeness (QED) is 0.616. The number of ether oxygens (including phenoxy) is 1. The highest BCUT2D eigenvalue weighted by molar-refractivity contribution is 6.30. The monoisotopic (exact) mass is 263 g/mol. The molecule has 1 aliphatic rings. The van der Waals surface area contributed by atoms with Crippen LogP contribution in [0.2, 0.25) is 5.02 Å². The molecule has 0 saturated carbocycles. The molecule has 1 heterocycles. The minimum Gasteiger partial charge on any atom is -0.407 e. The van der Waals surface area contributed by atoms with E-state index in [0.29, 0.717) is 29.0 Å². The van der Waals surface area contributed by atoms with Crippen molar-refractivity contribution in [3.63, 3.8) is 0 Å². The van der Waals surface area contributed by atoms with E-state index in [1.54, 1.807) is 18.2 Å². The summed E-state index contributed by atoms with van der Waals surface area (Å²) in [6, 6.07) is 7.25. The lowest BCUT2D eigenvalue weighted by molar-refractivity contribution is -0.130. The molecule has 1 aromatic carbocycles. The minimum absolute atomic E-state index is 0.327. The highest BCUT2D eigenvalue weighted by Crippen LogP contribution is 2.20. The summed E-state index contributed by atoms with van der Waals surface area (Å²) >= 11 is 5.88. The van der Waals surface area contributed by atoms with Crippen molar-refractivity contribution >= 4 is 29.5 Å². The third kappa shape index (κ3) is 3.20. The SMILES string of the molecule is CC(C)CC1=N/C(=C/c2cccc(Cl)c2)C(=O)O1. The van der Waals surface area contributed by atoms with E-state index in [1.807, 2.05) is 12.1 Å². The van der Waals surface area contributed by atoms with Crippen molar-refractivity contribution in [3.8, 4) is 0 Å². The summed E-state index contributed by atoms with van der Waals surface area (Å²) in [5.74, 6) is 0.496. The molecule has 1 aliphatic heterocycles. The number of esters is 1. The Kier molecular flexibility index (Phi) is 3.82. The summed E-state index contributed by atoms with van der Waals surface area (Å²) in [4.78, 5) is 15.8. The van der Waals surface area contributed by atoms with Crippen LogP contribution in [0.25, 0.3) is 6.08 Å². The van der Waals surface area contributed by atoms with Crippen molar-refractivity contribution in [1.82, 2.24) is 0 Å². The van der Waals surface area contributed by atoms with Gasteiger partial charge in [-0.1, -0.05) is 37.6 Å². The van der Waals surface area contributed by atoms with Gasteiger partial charge >= 0.3 is 5.97 Å². The Morgan fingerprint density at radius 2 is 2.22 bits per heavy atom. The maximum absolute atomic E-state index is 11.6. The van der Waals surface area contributed by atoms with Gasteiger partial charge in [-0.15, -0.1) is 0 Å². The zero-order valence-corrected chi connectivity index (χ0v) is 11.1. The molecule has 0 unspecified atom stereocenters. The molecule has 0 atom stereocenters. The molecule has 0 aliphatic carbocycles. The molecule has 0 radical (unpaired) electrons. The Balaban J connectivity index is 2.22. The van der Waals surface area contributed by atoms with Crippen LogP contribution >= 0.6 is 11.6 Å². The van der Waals surface area contributed by atoms with Crippen LogP contribution in [0, 0.1) is 5.92 Å². The summed E-state index contributed by atoms with van der Waals surface area (Å²) in [6.07, 6.45) is 2.35. The molecule has 0 saturated heterocycles. The van der Waals surface area contributed by atoms with Crippen LogP contribution in [-0.2, 0) is 9.53 Å². The van der Waals surface area contributed by atoms with Crippen molar-refractivity contribution < 1.29 is 9.53 Å². The van der Waals surface area contributed by atoms with Gasteiger partial charge in [-0.2, -0.15) is 0 Å². The van der Waals surface area contributed by atoms with Gasteiger partial charge in [-0.05, 0) is 29.7 Å². The van der Waals surface area contributed by atoms with E-state index in [1.165, 1.54) is 0 Å². The fourth-order valence-corrected chi connectivity index (χ4v) is 1.84. The number of carbonyl (C=O) groups is 1. The third-order valence-corrected chi connectivity index (χ3v) is 2.63. The second-order valence-electron chi connectivity index (χ2n) is 4.58. The predicted octanol–water partition coefficient (Wildman–Crippen LogP) is 3.68. The molecule has 3 nitrogen and oxygen atoms in total. The maximum atomic E-state index is 11.6. The van der Waals surface area contributed by atoms with Crippen LogP contribution in [0.3, 0.4) is 0 Å². The summed E-state index contributed by atoms with van der Waals surface area (Å²) < 4.78 is 5.10. The fraction of sp³-hybridized carbons (Fsp3) is 0.286. The molecule has 4 heteroatoms. The van der Waals surface area contributed by atoms with Crippen molar-refractivity contribution in [1.29, 1.82) is 0 Å². The summed E-state index contributed by atoms with van der Waals surface area (Å²) in [7, 11) is 0. The average molecular weight is 264 g/mol. The second kappa shape index (κ2) is 5.36. The normalized spacial score (nSPS) is 17.2. The molecule has 0 bridgehead atoms. The van der Waals surface area contributed by atoms with E-state index >= 15 is 0 Å². The lowest BCUT2D eigenvalue weighted by atomic mass is 10.1. The van der Waals surface area contributed by atoms with E-state index in [-0.39, 0.29) is 0 Å². The van der Waals surface area contributed by atoms with E-state index < -0.39 is 5.97 Å². The van der Waals surface area contributed by atoms with Crippen LogP contribution in [0.15, 0.2) is 35.0 Å². The standard InChI is InChI=1S/C14H14ClNO2/c1-9(2)6-13-16-12(14(17)18-13)8-10-4-3-5-11(15)7-10/h3-5,7-9H,6H2,1-2H3/b12-8+. The summed E-state index contributed by atoms with van der Waals surface area (Å²) in [5.41, 5.74) is 1.16. The van der Waals surface area contributed by atoms with Gasteiger partial charge in [0.15, 0.2) is 11.6 Å². The van der Waals surface area contributed by atoms with E-state index in [2.05, 4.69) is 18.8 Å². The van der Waals surface area contributed by atoms with Gasteiger partial charge in [0.1, 0.15) is 0 Å². The molecule has 0 amide bonds. The molecule has 18 heavy (non-hydrogen) atoms. The average Bonchev–Trinajstić information content (AvgIpc) is 2.58. The third-order valence-electron chi connectivity index (χ3n) is 2.40. The number of carbonyl (C=O) groups excluding carboxylic acids is 1. The van der Waals surface area contributed by atoms with Crippen LogP contribution in [0.5, 0.6) is 0 Å². The minimum atomic E-state index is -0.398. The molecule has 0 aromatic heterocycles. The molecule has 0 N–H and O–H groups in total. The number of aliphatic imine (C=N–C) groups is 1. The first-order chi connectivity index (χ1) is 8.54. The Morgan fingerprint density at radius 3 is 2.89 bits per heavy atom. The molecule has 1 aromatic rings. The van der Waals surface area contributed by atoms with Crippen molar-refractivity contribution in [3.05, 3.63) is 40.5 Å². The summed E-state index contributed by atoms with van der Waals surface area (Å²) in [6.45, 7) is 4.10. The van der Waals surface area contributed by atoms with Crippen molar-refractivity contribution in [2.75, 3.05) is 0 Å². The Hall–Kier alpha value is -1.61. The van der Waals surface area contributed by atoms with Gasteiger partial charge in [-0.25, -0.2) is 9.79 Å². The predicted molar refractivity (Wildman–Crippen MR) is 72.4 cm³/mol. The number of rotatable bonds is 3. The largest absolute Gasteiger partial charge is 0.407 e. The highest BCUT2D eigenvalue weighted by atomic mass is 35.5. The first-order valence-corrected chi connectivity index (χ1v) is 6.19. The molecular weight excluding hydrogens is 250 g/mol.